The minimum Gasteiger partial charge on any atom is -0.452 e. The Labute approximate surface area is 170 Å². The van der Waals surface area contributed by atoms with Crippen molar-refractivity contribution in [1.82, 2.24) is 9.78 Å². The largest absolute Gasteiger partial charge is 0.452 e. The predicted molar refractivity (Wildman–Crippen MR) is 111 cm³/mol. The summed E-state index contributed by atoms with van der Waals surface area (Å²) >= 11 is 1.35. The first-order valence-electron chi connectivity index (χ1n) is 8.89. The van der Waals surface area contributed by atoms with Gasteiger partial charge in [0.2, 0.25) is 5.78 Å². The Kier molecular flexibility index (Phi) is 5.05. The van der Waals surface area contributed by atoms with Crippen LogP contribution >= 0.6 is 11.3 Å². The molecule has 0 aliphatic rings. The number of carbonyl (C=O) groups is 2. The fourth-order valence-electron chi connectivity index (χ4n) is 2.94. The van der Waals surface area contributed by atoms with Crippen molar-refractivity contribution in [3.05, 3.63) is 92.5 Å². The van der Waals surface area contributed by atoms with Crippen molar-refractivity contribution >= 4 is 33.9 Å². The molecule has 0 radical (unpaired) electrons. The molecular formula is C22H16N2O4S. The van der Waals surface area contributed by atoms with E-state index in [0.717, 1.165) is 4.88 Å². The molecule has 2 aromatic heterocycles. The lowest BCUT2D eigenvalue weighted by atomic mass is 10.1. The summed E-state index contributed by atoms with van der Waals surface area (Å²) in [6.45, 7) is 1.51. The summed E-state index contributed by atoms with van der Waals surface area (Å²) in [4.78, 5) is 39.4. The number of nitrogens with zero attached hydrogens (tertiary/aromatic N) is 2. The average Bonchev–Trinajstić information content (AvgIpc) is 3.19. The summed E-state index contributed by atoms with van der Waals surface area (Å²) in [5, 5.41) is 4.98. The van der Waals surface area contributed by atoms with E-state index < -0.39 is 5.97 Å². The van der Waals surface area contributed by atoms with Gasteiger partial charge >= 0.3 is 5.97 Å². The van der Waals surface area contributed by atoms with Gasteiger partial charge < -0.3 is 4.74 Å². The Morgan fingerprint density at radius 2 is 1.66 bits per heavy atom. The molecule has 2 heterocycles. The number of aryl methyl sites for hydroxylation is 1. The highest BCUT2D eigenvalue weighted by Gasteiger charge is 2.20. The number of rotatable bonds is 5. The third-order valence-corrected chi connectivity index (χ3v) is 5.39. The minimum atomic E-state index is -0.757. The number of Topliss-reactive ketones (excluding diaryl/α,β-unsaturated/α-hetero) is 1. The Balaban J connectivity index is 1.71. The van der Waals surface area contributed by atoms with Crippen LogP contribution in [0.15, 0.2) is 71.5 Å². The first-order valence-corrected chi connectivity index (χ1v) is 9.70. The van der Waals surface area contributed by atoms with Crippen LogP contribution in [-0.2, 0) is 4.74 Å². The number of benzene rings is 2. The van der Waals surface area contributed by atoms with Gasteiger partial charge in [0, 0.05) is 10.3 Å². The number of ketones is 1. The van der Waals surface area contributed by atoms with E-state index in [4.69, 9.17) is 4.74 Å². The predicted octanol–water partition coefficient (Wildman–Crippen LogP) is 3.80. The maximum Gasteiger partial charge on any atom is 0.359 e. The standard InChI is InChI=1S/C22H16N2O4S/c1-14-11-12-19(29-14)18(25)13-28-22(27)20-16-9-5-6-10-17(16)21(26)24(23-20)15-7-3-2-4-8-15/h2-12H,13H2,1H3. The third kappa shape index (κ3) is 3.72. The zero-order valence-electron chi connectivity index (χ0n) is 15.5. The minimum absolute atomic E-state index is 0.0146. The van der Waals surface area contributed by atoms with Crippen LogP contribution in [-0.4, -0.2) is 28.1 Å². The normalized spacial score (nSPS) is 10.8. The summed E-state index contributed by atoms with van der Waals surface area (Å²) in [5.41, 5.74) is 0.176. The number of hydrogen-bond donors (Lipinski definition) is 0. The third-order valence-electron chi connectivity index (χ3n) is 4.35. The zero-order valence-corrected chi connectivity index (χ0v) is 16.3. The molecule has 0 unspecified atom stereocenters. The lowest BCUT2D eigenvalue weighted by Crippen LogP contribution is -2.25. The number of para-hydroxylation sites is 1. The number of esters is 1. The van der Waals surface area contributed by atoms with Crippen LogP contribution in [0, 0.1) is 6.92 Å². The molecule has 4 rings (SSSR count). The summed E-state index contributed by atoms with van der Waals surface area (Å²) in [7, 11) is 0. The molecule has 0 atom stereocenters. The maximum atomic E-state index is 12.9. The molecular weight excluding hydrogens is 388 g/mol. The van der Waals surface area contributed by atoms with Gasteiger partial charge in [-0.2, -0.15) is 9.78 Å². The maximum absolute atomic E-state index is 12.9. The highest BCUT2D eigenvalue weighted by atomic mass is 32.1. The van der Waals surface area contributed by atoms with Crippen LogP contribution in [0.2, 0.25) is 0 Å². The highest BCUT2D eigenvalue weighted by molar-refractivity contribution is 7.14. The smallest absolute Gasteiger partial charge is 0.359 e. The van der Waals surface area contributed by atoms with Crippen LogP contribution in [0.25, 0.3) is 16.5 Å². The molecule has 0 aliphatic carbocycles. The topological polar surface area (TPSA) is 78.3 Å². The molecule has 0 amide bonds. The van der Waals surface area contributed by atoms with E-state index in [1.807, 2.05) is 19.1 Å². The van der Waals surface area contributed by atoms with E-state index in [9.17, 15) is 14.4 Å². The lowest BCUT2D eigenvalue weighted by molar-refractivity contribution is 0.0470. The fraction of sp³-hybridized carbons (Fsp3) is 0.0909. The Morgan fingerprint density at radius 1 is 0.966 bits per heavy atom. The van der Waals surface area contributed by atoms with Crippen molar-refractivity contribution in [1.29, 1.82) is 0 Å². The van der Waals surface area contributed by atoms with Gasteiger partial charge in [-0.15, -0.1) is 11.3 Å². The molecule has 0 fully saturated rings. The molecule has 2 aromatic carbocycles. The van der Waals surface area contributed by atoms with Gasteiger partial charge in [-0.25, -0.2) is 4.79 Å². The van der Waals surface area contributed by atoms with E-state index in [1.165, 1.54) is 16.0 Å². The molecule has 0 spiro atoms. The van der Waals surface area contributed by atoms with Crippen molar-refractivity contribution in [2.75, 3.05) is 6.61 Å². The van der Waals surface area contributed by atoms with Gasteiger partial charge in [-0.1, -0.05) is 36.4 Å². The first-order chi connectivity index (χ1) is 14.0. The van der Waals surface area contributed by atoms with Gasteiger partial charge in [-0.05, 0) is 37.3 Å². The second kappa shape index (κ2) is 7.81. The van der Waals surface area contributed by atoms with Crippen LogP contribution in [0.1, 0.15) is 25.0 Å². The zero-order chi connectivity index (χ0) is 20.4. The molecule has 7 heteroatoms. The molecule has 144 valence electrons. The van der Waals surface area contributed by atoms with Crippen LogP contribution in [0.4, 0.5) is 0 Å². The van der Waals surface area contributed by atoms with E-state index in [1.54, 1.807) is 54.6 Å². The van der Waals surface area contributed by atoms with Crippen molar-refractivity contribution in [2.24, 2.45) is 0 Å². The molecule has 29 heavy (non-hydrogen) atoms. The molecule has 0 N–H and O–H groups in total. The summed E-state index contributed by atoms with van der Waals surface area (Å²) in [6, 6.07) is 19.1. The molecule has 0 saturated carbocycles. The average molecular weight is 404 g/mol. The lowest BCUT2D eigenvalue weighted by Gasteiger charge is -2.10. The number of hydrogen-bond acceptors (Lipinski definition) is 6. The van der Waals surface area contributed by atoms with E-state index in [-0.39, 0.29) is 23.6 Å². The van der Waals surface area contributed by atoms with Crippen molar-refractivity contribution < 1.29 is 14.3 Å². The fourth-order valence-corrected chi connectivity index (χ4v) is 3.73. The summed E-state index contributed by atoms with van der Waals surface area (Å²) in [6.07, 6.45) is 0. The Bertz CT molecular complexity index is 1270. The van der Waals surface area contributed by atoms with Crippen molar-refractivity contribution in [3.63, 3.8) is 0 Å². The summed E-state index contributed by atoms with van der Waals surface area (Å²) in [5.74, 6) is -1.04. The second-order valence-electron chi connectivity index (χ2n) is 6.36. The highest BCUT2D eigenvalue weighted by Crippen LogP contribution is 2.18. The Morgan fingerprint density at radius 3 is 2.34 bits per heavy atom. The molecule has 0 saturated heterocycles. The van der Waals surface area contributed by atoms with Gasteiger partial charge in [0.15, 0.2) is 12.3 Å². The monoisotopic (exact) mass is 404 g/mol. The molecule has 6 nitrogen and oxygen atoms in total. The molecule has 0 bridgehead atoms. The van der Waals surface area contributed by atoms with Gasteiger partial charge in [0.1, 0.15) is 0 Å². The van der Waals surface area contributed by atoms with Gasteiger partial charge in [-0.3, -0.25) is 9.59 Å². The van der Waals surface area contributed by atoms with Crippen LogP contribution in [0.5, 0.6) is 0 Å². The molecule has 4 aromatic rings. The number of aromatic nitrogens is 2. The van der Waals surface area contributed by atoms with Crippen LogP contribution < -0.4 is 5.56 Å². The van der Waals surface area contributed by atoms with E-state index in [2.05, 4.69) is 5.10 Å². The number of carbonyl (C=O) groups excluding carboxylic acids is 2. The van der Waals surface area contributed by atoms with E-state index in [0.29, 0.717) is 21.3 Å². The summed E-state index contributed by atoms with van der Waals surface area (Å²) < 4.78 is 6.40. The van der Waals surface area contributed by atoms with E-state index >= 15 is 0 Å². The first kappa shape index (κ1) is 18.8. The van der Waals surface area contributed by atoms with Gasteiger partial charge in [0.25, 0.3) is 5.56 Å². The van der Waals surface area contributed by atoms with Crippen molar-refractivity contribution in [3.8, 4) is 5.69 Å². The SMILES string of the molecule is Cc1ccc(C(=O)COC(=O)c2nn(-c3ccccc3)c(=O)c3ccccc23)s1. The number of ether oxygens (including phenoxy) is 1. The Hall–Kier alpha value is -3.58. The van der Waals surface area contributed by atoms with Gasteiger partial charge in [0.05, 0.1) is 16.0 Å². The van der Waals surface area contributed by atoms with Crippen LogP contribution in [0.3, 0.4) is 0 Å². The second-order valence-corrected chi connectivity index (χ2v) is 7.64. The van der Waals surface area contributed by atoms with Crippen molar-refractivity contribution in [2.45, 2.75) is 6.92 Å². The number of fused-ring (bicyclic) bond motifs is 1. The number of thiophene rings is 1. The quantitative estimate of drug-likeness (QED) is 0.373. The molecule has 0 aliphatic heterocycles.